The second kappa shape index (κ2) is 8.26. The van der Waals surface area contributed by atoms with Crippen LogP contribution in [0.1, 0.15) is 11.5 Å². The number of aliphatic hydroxyl groups excluding tert-OH is 2. The molecule has 0 amide bonds. The fourth-order valence-corrected chi connectivity index (χ4v) is 1.01. The Morgan fingerprint density at radius 1 is 1.06 bits per heavy atom. The van der Waals surface area contributed by atoms with Crippen molar-refractivity contribution >= 4 is 11.9 Å². The van der Waals surface area contributed by atoms with Crippen molar-refractivity contribution < 1.29 is 30.0 Å². The Morgan fingerprint density at radius 3 is 1.82 bits per heavy atom. The highest BCUT2D eigenvalue weighted by molar-refractivity contribution is 5.76. The number of carboxylic acids is 2. The molecule has 1 aromatic rings. The van der Waals surface area contributed by atoms with Gasteiger partial charge in [0.2, 0.25) is 0 Å². The van der Waals surface area contributed by atoms with Crippen LogP contribution in [0.4, 0.5) is 0 Å². The highest BCUT2D eigenvalue weighted by atomic mass is 16.4. The van der Waals surface area contributed by atoms with Crippen molar-refractivity contribution in [3.05, 3.63) is 35.9 Å². The molecule has 0 heterocycles. The van der Waals surface area contributed by atoms with Crippen LogP contribution in [0.2, 0.25) is 0 Å². The molecule has 1 unspecified atom stereocenters. The van der Waals surface area contributed by atoms with Crippen LogP contribution in [-0.2, 0) is 9.59 Å². The van der Waals surface area contributed by atoms with E-state index in [4.69, 9.17) is 25.2 Å². The standard InChI is InChI=1S/C9H10O3.C2H4O3/c10-6-8(9(11)12)7-4-2-1-3-5-7;3-1-2(4)5/h1-5,8,10H,6H2,(H,11,12);3H,1H2,(H,4,5). The molecule has 0 aromatic heterocycles. The van der Waals surface area contributed by atoms with Gasteiger partial charge in [0.1, 0.15) is 12.5 Å². The van der Waals surface area contributed by atoms with Crippen LogP contribution in [0.5, 0.6) is 0 Å². The highest BCUT2D eigenvalue weighted by Crippen LogP contribution is 2.14. The normalized spacial score (nSPS) is 10.9. The Kier molecular flexibility index (Phi) is 7.32. The number of aliphatic hydroxyl groups is 2. The fourth-order valence-electron chi connectivity index (χ4n) is 1.01. The number of aliphatic carboxylic acids is 2. The SMILES string of the molecule is O=C(O)C(CO)c1ccccc1.O=C(O)CO. The lowest BCUT2D eigenvalue weighted by molar-refractivity contribution is -0.140. The molecule has 17 heavy (non-hydrogen) atoms. The topological polar surface area (TPSA) is 115 Å². The Hall–Kier alpha value is -1.92. The summed E-state index contributed by atoms with van der Waals surface area (Å²) in [5.74, 6) is -2.99. The Balaban J connectivity index is 0.000000437. The molecular formula is C11H14O6. The van der Waals surface area contributed by atoms with Gasteiger partial charge in [0.05, 0.1) is 6.61 Å². The molecule has 0 aliphatic heterocycles. The van der Waals surface area contributed by atoms with Crippen LogP contribution in [0.15, 0.2) is 30.3 Å². The minimum Gasteiger partial charge on any atom is -0.481 e. The molecule has 6 heteroatoms. The second-order valence-electron chi connectivity index (χ2n) is 3.04. The summed E-state index contributed by atoms with van der Waals surface area (Å²) in [5, 5.41) is 32.5. The van der Waals surface area contributed by atoms with Gasteiger partial charge < -0.3 is 20.4 Å². The number of benzene rings is 1. The number of hydrogen-bond donors (Lipinski definition) is 4. The van der Waals surface area contributed by atoms with Crippen molar-refractivity contribution in [1.29, 1.82) is 0 Å². The molecule has 0 bridgehead atoms. The van der Waals surface area contributed by atoms with Crippen LogP contribution in [0, 0.1) is 0 Å². The first-order valence-corrected chi connectivity index (χ1v) is 4.74. The zero-order chi connectivity index (χ0) is 13.3. The number of carboxylic acid groups (broad SMARTS) is 2. The molecule has 0 aliphatic rings. The predicted molar refractivity (Wildman–Crippen MR) is 58.6 cm³/mol. The molecule has 4 N–H and O–H groups in total. The Labute approximate surface area is 97.8 Å². The summed E-state index contributed by atoms with van der Waals surface area (Å²) < 4.78 is 0. The molecule has 0 saturated carbocycles. The van der Waals surface area contributed by atoms with Gasteiger partial charge in [-0.25, -0.2) is 4.79 Å². The van der Waals surface area contributed by atoms with Gasteiger partial charge in [0.25, 0.3) is 0 Å². The van der Waals surface area contributed by atoms with Gasteiger partial charge in [0, 0.05) is 0 Å². The molecule has 0 radical (unpaired) electrons. The summed E-state index contributed by atoms with van der Waals surface area (Å²) in [6, 6.07) is 8.69. The Bertz CT molecular complexity index is 348. The van der Waals surface area contributed by atoms with Crippen LogP contribution in [0.25, 0.3) is 0 Å². The average molecular weight is 242 g/mol. The molecule has 94 valence electrons. The van der Waals surface area contributed by atoms with Crippen molar-refractivity contribution in [2.45, 2.75) is 5.92 Å². The fraction of sp³-hybridized carbons (Fsp3) is 0.273. The van der Waals surface area contributed by atoms with Crippen LogP contribution in [-0.4, -0.2) is 45.6 Å². The zero-order valence-electron chi connectivity index (χ0n) is 8.98. The van der Waals surface area contributed by atoms with E-state index in [1.54, 1.807) is 30.3 Å². The molecule has 0 fully saturated rings. The predicted octanol–water partition coefficient (Wildman–Crippen LogP) is -0.0896. The van der Waals surface area contributed by atoms with Crippen molar-refractivity contribution in [3.8, 4) is 0 Å². The maximum absolute atomic E-state index is 10.6. The summed E-state index contributed by atoms with van der Waals surface area (Å²) in [4.78, 5) is 19.7. The number of rotatable bonds is 4. The van der Waals surface area contributed by atoms with Gasteiger partial charge in [-0.15, -0.1) is 0 Å². The summed E-state index contributed by atoms with van der Waals surface area (Å²) >= 11 is 0. The molecule has 1 aromatic carbocycles. The first-order valence-electron chi connectivity index (χ1n) is 4.74. The van der Waals surface area contributed by atoms with Crippen LogP contribution in [0.3, 0.4) is 0 Å². The summed E-state index contributed by atoms with van der Waals surface area (Å²) in [5.41, 5.74) is 0.632. The van der Waals surface area contributed by atoms with Crippen molar-refractivity contribution in [2.24, 2.45) is 0 Å². The highest BCUT2D eigenvalue weighted by Gasteiger charge is 2.17. The van der Waals surface area contributed by atoms with Gasteiger partial charge in [-0.05, 0) is 5.56 Å². The van der Waals surface area contributed by atoms with E-state index in [1.807, 2.05) is 0 Å². The average Bonchev–Trinajstić information content (AvgIpc) is 2.31. The van der Waals surface area contributed by atoms with E-state index in [0.29, 0.717) is 5.56 Å². The van der Waals surface area contributed by atoms with Crippen molar-refractivity contribution in [1.82, 2.24) is 0 Å². The van der Waals surface area contributed by atoms with E-state index in [2.05, 4.69) is 0 Å². The van der Waals surface area contributed by atoms with E-state index >= 15 is 0 Å². The smallest absolute Gasteiger partial charge is 0.329 e. The van der Waals surface area contributed by atoms with E-state index < -0.39 is 24.5 Å². The van der Waals surface area contributed by atoms with Gasteiger partial charge in [-0.1, -0.05) is 30.3 Å². The second-order valence-corrected chi connectivity index (χ2v) is 3.04. The van der Waals surface area contributed by atoms with Crippen LogP contribution >= 0.6 is 0 Å². The monoisotopic (exact) mass is 242 g/mol. The van der Waals surface area contributed by atoms with E-state index in [1.165, 1.54) is 0 Å². The van der Waals surface area contributed by atoms with Gasteiger partial charge >= 0.3 is 11.9 Å². The van der Waals surface area contributed by atoms with Gasteiger partial charge in [-0.2, -0.15) is 0 Å². The van der Waals surface area contributed by atoms with E-state index in [0.717, 1.165) is 0 Å². The van der Waals surface area contributed by atoms with Crippen molar-refractivity contribution in [2.75, 3.05) is 13.2 Å². The van der Waals surface area contributed by atoms with E-state index in [9.17, 15) is 4.79 Å². The molecule has 6 nitrogen and oxygen atoms in total. The molecule has 0 spiro atoms. The minimum absolute atomic E-state index is 0.362. The summed E-state index contributed by atoms with van der Waals surface area (Å²) in [6.45, 7) is -1.14. The van der Waals surface area contributed by atoms with Crippen LogP contribution < -0.4 is 0 Å². The Morgan fingerprint density at radius 2 is 1.53 bits per heavy atom. The maximum atomic E-state index is 10.6. The third kappa shape index (κ3) is 6.29. The van der Waals surface area contributed by atoms with Gasteiger partial charge in [-0.3, -0.25) is 4.79 Å². The molecule has 0 aliphatic carbocycles. The lowest BCUT2D eigenvalue weighted by Crippen LogP contribution is -2.15. The summed E-state index contributed by atoms with van der Waals surface area (Å²) in [6.07, 6.45) is 0. The molecule has 1 atom stereocenters. The first-order chi connectivity index (χ1) is 8.02. The largest absolute Gasteiger partial charge is 0.481 e. The number of hydrogen-bond acceptors (Lipinski definition) is 4. The molecule has 0 saturated heterocycles. The lowest BCUT2D eigenvalue weighted by atomic mass is 10.0. The van der Waals surface area contributed by atoms with Gasteiger partial charge in [0.15, 0.2) is 0 Å². The molecule has 1 rings (SSSR count). The summed E-state index contributed by atoms with van der Waals surface area (Å²) in [7, 11) is 0. The lowest BCUT2D eigenvalue weighted by Gasteiger charge is -2.07. The third-order valence-corrected chi connectivity index (χ3v) is 1.82. The molecular weight excluding hydrogens is 228 g/mol. The maximum Gasteiger partial charge on any atom is 0.329 e. The number of carbonyl (C=O) groups is 2. The van der Waals surface area contributed by atoms with E-state index in [-0.39, 0.29) is 6.61 Å². The van der Waals surface area contributed by atoms with Crippen molar-refractivity contribution in [3.63, 3.8) is 0 Å². The zero-order valence-corrected chi connectivity index (χ0v) is 8.98. The third-order valence-electron chi connectivity index (χ3n) is 1.82. The first kappa shape index (κ1) is 15.1. The quantitative estimate of drug-likeness (QED) is 0.586. The minimum atomic E-state index is -1.19.